The van der Waals surface area contributed by atoms with Crippen LogP contribution >= 0.6 is 11.6 Å². The van der Waals surface area contributed by atoms with Crippen LogP contribution in [-0.2, 0) is 25.8 Å². The molecule has 0 fully saturated rings. The van der Waals surface area contributed by atoms with E-state index in [9.17, 15) is 18.0 Å². The van der Waals surface area contributed by atoms with E-state index in [1.807, 2.05) is 37.3 Å². The monoisotopic (exact) mass is 423 g/mol. The Bertz CT molecular complexity index is 944. The van der Waals surface area contributed by atoms with Crippen molar-refractivity contribution in [3.05, 3.63) is 64.7 Å². The smallest absolute Gasteiger partial charge is 0.340 e. The maximum Gasteiger partial charge on any atom is 0.340 e. The van der Waals surface area contributed by atoms with Crippen LogP contribution in [0.25, 0.3) is 0 Å². The molecule has 8 heteroatoms. The quantitative estimate of drug-likeness (QED) is 0.659. The molecule has 2 rings (SSSR count). The molecule has 0 heterocycles. The van der Waals surface area contributed by atoms with E-state index >= 15 is 0 Å². The Labute approximate surface area is 169 Å². The minimum absolute atomic E-state index is 0.0500. The van der Waals surface area contributed by atoms with Gasteiger partial charge in [-0.2, -0.15) is 0 Å². The third-order valence-corrected chi connectivity index (χ3v) is 5.48. The highest BCUT2D eigenvalue weighted by Crippen LogP contribution is 2.21. The van der Waals surface area contributed by atoms with Gasteiger partial charge in [0.25, 0.3) is 5.91 Å². The zero-order valence-electron chi connectivity index (χ0n) is 15.6. The highest BCUT2D eigenvalue weighted by molar-refractivity contribution is 7.90. The van der Waals surface area contributed by atoms with Crippen molar-refractivity contribution in [1.82, 2.24) is 5.32 Å². The Kier molecular flexibility index (Phi) is 7.60. The summed E-state index contributed by atoms with van der Waals surface area (Å²) < 4.78 is 28.2. The number of sulfone groups is 1. The van der Waals surface area contributed by atoms with Gasteiger partial charge in [0.1, 0.15) is 0 Å². The largest absolute Gasteiger partial charge is 0.452 e. The average molecular weight is 424 g/mol. The number of carbonyl (C=O) groups is 2. The zero-order valence-corrected chi connectivity index (χ0v) is 17.2. The van der Waals surface area contributed by atoms with Gasteiger partial charge < -0.3 is 10.1 Å². The Hall–Kier alpha value is -2.38. The first-order chi connectivity index (χ1) is 13.2. The first-order valence-corrected chi connectivity index (χ1v) is 10.9. The SMILES string of the molecule is C[C@@H](CCc1ccccc1)NC(=O)COC(=O)c1cc(S(C)(=O)=O)ccc1Cl. The minimum atomic E-state index is -3.50. The van der Waals surface area contributed by atoms with Gasteiger partial charge in [0.05, 0.1) is 15.5 Å². The lowest BCUT2D eigenvalue weighted by atomic mass is 10.1. The number of hydrogen-bond donors (Lipinski definition) is 1. The molecular weight excluding hydrogens is 402 g/mol. The van der Waals surface area contributed by atoms with Crippen LogP contribution in [0.5, 0.6) is 0 Å². The van der Waals surface area contributed by atoms with Gasteiger partial charge in [-0.05, 0) is 43.5 Å². The van der Waals surface area contributed by atoms with Gasteiger partial charge >= 0.3 is 5.97 Å². The molecule has 0 aliphatic heterocycles. The van der Waals surface area contributed by atoms with Gasteiger partial charge in [-0.3, -0.25) is 4.79 Å². The van der Waals surface area contributed by atoms with Crippen molar-refractivity contribution in [2.75, 3.05) is 12.9 Å². The molecule has 0 radical (unpaired) electrons. The van der Waals surface area contributed by atoms with Crippen molar-refractivity contribution < 1.29 is 22.7 Å². The fourth-order valence-corrected chi connectivity index (χ4v) is 3.36. The summed E-state index contributed by atoms with van der Waals surface area (Å²) >= 11 is 5.94. The molecule has 0 unspecified atom stereocenters. The summed E-state index contributed by atoms with van der Waals surface area (Å²) in [5.74, 6) is -1.30. The van der Waals surface area contributed by atoms with Gasteiger partial charge in [0, 0.05) is 12.3 Å². The van der Waals surface area contributed by atoms with E-state index in [0.29, 0.717) is 0 Å². The number of rotatable bonds is 8. The first kappa shape index (κ1) is 21.9. The highest BCUT2D eigenvalue weighted by Gasteiger charge is 2.18. The van der Waals surface area contributed by atoms with Crippen molar-refractivity contribution >= 4 is 33.3 Å². The third kappa shape index (κ3) is 6.65. The number of nitrogens with one attached hydrogen (secondary N) is 1. The topological polar surface area (TPSA) is 89.5 Å². The molecule has 150 valence electrons. The zero-order chi connectivity index (χ0) is 20.7. The summed E-state index contributed by atoms with van der Waals surface area (Å²) in [4.78, 5) is 24.1. The van der Waals surface area contributed by atoms with Crippen LogP contribution in [0.2, 0.25) is 5.02 Å². The molecule has 0 aromatic heterocycles. The summed E-state index contributed by atoms with van der Waals surface area (Å²) in [7, 11) is -3.50. The number of aryl methyl sites for hydroxylation is 1. The minimum Gasteiger partial charge on any atom is -0.452 e. The number of halogens is 1. The fraction of sp³-hybridized carbons (Fsp3) is 0.300. The first-order valence-electron chi connectivity index (χ1n) is 8.67. The van der Waals surface area contributed by atoms with Crippen LogP contribution in [0.1, 0.15) is 29.3 Å². The van der Waals surface area contributed by atoms with Gasteiger partial charge in [0.2, 0.25) is 0 Å². The molecule has 0 spiro atoms. The molecule has 28 heavy (non-hydrogen) atoms. The number of esters is 1. The Morgan fingerprint density at radius 3 is 2.46 bits per heavy atom. The maximum absolute atomic E-state index is 12.2. The van der Waals surface area contributed by atoms with E-state index in [-0.39, 0.29) is 21.5 Å². The van der Waals surface area contributed by atoms with Crippen LogP contribution in [0, 0.1) is 0 Å². The number of ether oxygens (including phenoxy) is 1. The third-order valence-electron chi connectivity index (χ3n) is 4.04. The van der Waals surface area contributed by atoms with Crippen molar-refractivity contribution in [1.29, 1.82) is 0 Å². The van der Waals surface area contributed by atoms with Gasteiger partial charge in [-0.1, -0.05) is 41.9 Å². The fourth-order valence-electron chi connectivity index (χ4n) is 2.52. The lowest BCUT2D eigenvalue weighted by Gasteiger charge is -2.14. The molecule has 0 saturated carbocycles. The van der Waals surface area contributed by atoms with E-state index in [0.717, 1.165) is 25.2 Å². The molecule has 2 aromatic carbocycles. The van der Waals surface area contributed by atoms with Crippen molar-refractivity contribution in [2.45, 2.75) is 30.7 Å². The van der Waals surface area contributed by atoms with Crippen LogP contribution in [0.3, 0.4) is 0 Å². The maximum atomic E-state index is 12.2. The van der Waals surface area contributed by atoms with E-state index < -0.39 is 28.3 Å². The van der Waals surface area contributed by atoms with Crippen molar-refractivity contribution in [3.8, 4) is 0 Å². The summed E-state index contributed by atoms with van der Waals surface area (Å²) in [6.45, 7) is 1.39. The average Bonchev–Trinajstić information content (AvgIpc) is 2.64. The Morgan fingerprint density at radius 1 is 1.14 bits per heavy atom. The lowest BCUT2D eigenvalue weighted by molar-refractivity contribution is -0.124. The molecule has 1 N–H and O–H groups in total. The van der Waals surface area contributed by atoms with Crippen LogP contribution in [0.15, 0.2) is 53.4 Å². The number of benzene rings is 2. The molecule has 1 amide bonds. The molecule has 0 saturated heterocycles. The van der Waals surface area contributed by atoms with Crippen molar-refractivity contribution in [2.24, 2.45) is 0 Å². The van der Waals surface area contributed by atoms with E-state index in [2.05, 4.69) is 5.32 Å². The summed E-state index contributed by atoms with van der Waals surface area (Å²) in [6, 6.07) is 13.6. The molecule has 1 atom stereocenters. The second-order valence-electron chi connectivity index (χ2n) is 6.48. The van der Waals surface area contributed by atoms with E-state index in [1.165, 1.54) is 17.7 Å². The molecule has 0 aliphatic carbocycles. The number of amides is 1. The van der Waals surface area contributed by atoms with Crippen LogP contribution < -0.4 is 5.32 Å². The second-order valence-corrected chi connectivity index (χ2v) is 8.91. The molecule has 0 bridgehead atoms. The predicted molar refractivity (Wildman–Crippen MR) is 107 cm³/mol. The second kappa shape index (κ2) is 9.71. The number of carbonyl (C=O) groups excluding carboxylic acids is 2. The highest BCUT2D eigenvalue weighted by atomic mass is 35.5. The van der Waals surface area contributed by atoms with Crippen molar-refractivity contribution in [3.63, 3.8) is 0 Å². The number of hydrogen-bond acceptors (Lipinski definition) is 5. The van der Waals surface area contributed by atoms with E-state index in [4.69, 9.17) is 16.3 Å². The molecule has 0 aliphatic rings. The van der Waals surface area contributed by atoms with Crippen LogP contribution in [-0.4, -0.2) is 39.2 Å². The normalized spacial score (nSPS) is 12.2. The van der Waals surface area contributed by atoms with Crippen LogP contribution in [0.4, 0.5) is 0 Å². The summed E-state index contributed by atoms with van der Waals surface area (Å²) in [5, 5.41) is 2.81. The summed E-state index contributed by atoms with van der Waals surface area (Å²) in [5.41, 5.74) is 1.07. The Balaban J connectivity index is 1.86. The van der Waals surface area contributed by atoms with E-state index in [1.54, 1.807) is 0 Å². The molecular formula is C20H22ClNO5S. The lowest BCUT2D eigenvalue weighted by Crippen LogP contribution is -2.36. The van der Waals surface area contributed by atoms with Gasteiger partial charge in [0.15, 0.2) is 16.4 Å². The summed E-state index contributed by atoms with van der Waals surface area (Å²) in [6.07, 6.45) is 2.58. The van der Waals surface area contributed by atoms with Gasteiger partial charge in [-0.15, -0.1) is 0 Å². The molecule has 2 aromatic rings. The standard InChI is InChI=1S/C20H22ClNO5S/c1-14(8-9-15-6-4-3-5-7-15)22-19(23)13-27-20(24)17-12-16(28(2,25)26)10-11-18(17)21/h3-7,10-12,14H,8-9,13H2,1-2H3,(H,22,23)/t14-/m0/s1. The molecule has 6 nitrogen and oxygen atoms in total. The van der Waals surface area contributed by atoms with Gasteiger partial charge in [-0.25, -0.2) is 13.2 Å². The predicted octanol–water partition coefficient (Wildman–Crippen LogP) is 3.04. The Morgan fingerprint density at radius 2 is 1.82 bits per heavy atom.